The molecular weight excluding hydrogens is 270 g/mol. The number of hydrogen-bond donors (Lipinski definition) is 3. The third kappa shape index (κ3) is 8.02. The summed E-state index contributed by atoms with van der Waals surface area (Å²) < 4.78 is 0. The quantitative estimate of drug-likeness (QED) is 0.545. The normalized spacial score (nSPS) is 16.4. The highest BCUT2D eigenvalue weighted by Crippen LogP contribution is 2.14. The monoisotopic (exact) mass is 299 g/mol. The van der Waals surface area contributed by atoms with E-state index >= 15 is 0 Å². The molecule has 1 saturated heterocycles. The number of carboxylic acids is 1. The van der Waals surface area contributed by atoms with Crippen LogP contribution < -0.4 is 10.6 Å². The lowest BCUT2D eigenvalue weighted by atomic mass is 9.97. The predicted molar refractivity (Wildman–Crippen MR) is 82.2 cm³/mol. The zero-order valence-electron chi connectivity index (χ0n) is 13.2. The van der Waals surface area contributed by atoms with Crippen LogP contribution in [0.25, 0.3) is 0 Å². The standard InChI is InChI=1S/C15H29N3O3/c1-12(2)18(10-13-5-8-16-9-6-13)11-14(19)17-7-3-4-15(20)21/h12-13,16H,3-11H2,1-2H3,(H,17,19)(H,20,21). The Bertz CT molecular complexity index is 328. The van der Waals surface area contributed by atoms with Gasteiger partial charge in [-0.25, -0.2) is 0 Å². The summed E-state index contributed by atoms with van der Waals surface area (Å²) >= 11 is 0. The maximum Gasteiger partial charge on any atom is 0.303 e. The molecule has 1 amide bonds. The molecule has 122 valence electrons. The molecule has 0 radical (unpaired) electrons. The minimum Gasteiger partial charge on any atom is -0.481 e. The summed E-state index contributed by atoms with van der Waals surface area (Å²) in [4.78, 5) is 24.5. The highest BCUT2D eigenvalue weighted by Gasteiger charge is 2.20. The van der Waals surface area contributed by atoms with Gasteiger partial charge in [-0.2, -0.15) is 0 Å². The van der Waals surface area contributed by atoms with E-state index in [1.165, 1.54) is 12.8 Å². The van der Waals surface area contributed by atoms with Gasteiger partial charge in [-0.1, -0.05) is 0 Å². The molecule has 1 aliphatic rings. The molecule has 1 heterocycles. The molecule has 0 aromatic rings. The maximum absolute atomic E-state index is 11.9. The van der Waals surface area contributed by atoms with Gasteiger partial charge in [0.2, 0.25) is 5.91 Å². The van der Waals surface area contributed by atoms with E-state index in [9.17, 15) is 9.59 Å². The first-order valence-corrected chi connectivity index (χ1v) is 7.92. The van der Waals surface area contributed by atoms with Crippen LogP contribution in [0.15, 0.2) is 0 Å². The Morgan fingerprint density at radius 2 is 2.00 bits per heavy atom. The second kappa shape index (κ2) is 9.73. The van der Waals surface area contributed by atoms with E-state index in [4.69, 9.17) is 5.11 Å². The van der Waals surface area contributed by atoms with Crippen molar-refractivity contribution in [2.45, 2.75) is 45.6 Å². The number of rotatable bonds is 9. The molecule has 0 atom stereocenters. The number of carbonyl (C=O) groups excluding carboxylic acids is 1. The number of carboxylic acid groups (broad SMARTS) is 1. The van der Waals surface area contributed by atoms with Crippen LogP contribution in [-0.2, 0) is 9.59 Å². The Labute approximate surface area is 127 Å². The minimum absolute atomic E-state index is 0.0111. The Kier molecular flexibility index (Phi) is 8.30. The average molecular weight is 299 g/mol. The largest absolute Gasteiger partial charge is 0.481 e. The number of nitrogens with zero attached hydrogens (tertiary/aromatic N) is 1. The van der Waals surface area contributed by atoms with E-state index in [0.717, 1.165) is 19.6 Å². The van der Waals surface area contributed by atoms with Crippen LogP contribution in [0.5, 0.6) is 0 Å². The summed E-state index contributed by atoms with van der Waals surface area (Å²) in [5.74, 6) is -0.171. The van der Waals surface area contributed by atoms with Crippen LogP contribution in [0.3, 0.4) is 0 Å². The maximum atomic E-state index is 11.9. The van der Waals surface area contributed by atoms with Gasteiger partial charge in [0.15, 0.2) is 0 Å². The van der Waals surface area contributed by atoms with Crippen LogP contribution in [0.1, 0.15) is 39.5 Å². The van der Waals surface area contributed by atoms with Crippen molar-refractivity contribution in [1.82, 2.24) is 15.5 Å². The smallest absolute Gasteiger partial charge is 0.303 e. The van der Waals surface area contributed by atoms with Crippen molar-refractivity contribution in [2.24, 2.45) is 5.92 Å². The molecule has 21 heavy (non-hydrogen) atoms. The summed E-state index contributed by atoms with van der Waals surface area (Å²) in [5.41, 5.74) is 0. The number of hydrogen-bond acceptors (Lipinski definition) is 4. The average Bonchev–Trinajstić information content (AvgIpc) is 2.44. The first-order chi connectivity index (χ1) is 9.99. The summed E-state index contributed by atoms with van der Waals surface area (Å²) in [5, 5.41) is 14.7. The highest BCUT2D eigenvalue weighted by atomic mass is 16.4. The molecule has 1 aliphatic heterocycles. The van der Waals surface area contributed by atoms with E-state index in [0.29, 0.717) is 31.5 Å². The summed E-state index contributed by atoms with van der Waals surface area (Å²) in [6, 6.07) is 0.338. The van der Waals surface area contributed by atoms with Crippen molar-refractivity contribution < 1.29 is 14.7 Å². The molecular formula is C15H29N3O3. The molecule has 6 heteroatoms. The molecule has 0 unspecified atom stereocenters. The molecule has 3 N–H and O–H groups in total. The van der Waals surface area contributed by atoms with Gasteiger partial charge in [0.25, 0.3) is 0 Å². The molecule has 0 aliphatic carbocycles. The first-order valence-electron chi connectivity index (χ1n) is 7.92. The Hall–Kier alpha value is -1.14. The van der Waals surface area contributed by atoms with Crippen molar-refractivity contribution in [3.63, 3.8) is 0 Å². The number of aliphatic carboxylic acids is 1. The lowest BCUT2D eigenvalue weighted by Gasteiger charge is -2.32. The predicted octanol–water partition coefficient (Wildman–Crippen LogP) is 0.677. The van der Waals surface area contributed by atoms with Crippen LogP contribution in [-0.4, -0.2) is 60.6 Å². The van der Waals surface area contributed by atoms with E-state index in [-0.39, 0.29) is 12.3 Å². The van der Waals surface area contributed by atoms with Crippen LogP contribution in [0, 0.1) is 5.92 Å². The van der Waals surface area contributed by atoms with Gasteiger partial charge < -0.3 is 15.7 Å². The lowest BCUT2D eigenvalue weighted by Crippen LogP contribution is -2.44. The second-order valence-electron chi connectivity index (χ2n) is 6.06. The van der Waals surface area contributed by atoms with Gasteiger partial charge in [-0.3, -0.25) is 14.5 Å². The minimum atomic E-state index is -0.820. The molecule has 1 rings (SSSR count). The zero-order chi connectivity index (χ0) is 15.7. The van der Waals surface area contributed by atoms with Crippen LogP contribution in [0.2, 0.25) is 0 Å². The van der Waals surface area contributed by atoms with Crippen molar-refractivity contribution >= 4 is 11.9 Å². The molecule has 0 bridgehead atoms. The van der Waals surface area contributed by atoms with Gasteiger partial charge in [0, 0.05) is 25.6 Å². The molecule has 0 aromatic carbocycles. The summed E-state index contributed by atoms with van der Waals surface area (Å²) in [7, 11) is 0. The Morgan fingerprint density at radius 3 is 2.57 bits per heavy atom. The number of piperidine rings is 1. The highest BCUT2D eigenvalue weighted by molar-refractivity contribution is 5.78. The number of carbonyl (C=O) groups is 2. The van der Waals surface area contributed by atoms with E-state index in [1.807, 2.05) is 0 Å². The summed E-state index contributed by atoms with van der Waals surface area (Å²) in [6.45, 7) is 8.15. The van der Waals surface area contributed by atoms with E-state index < -0.39 is 5.97 Å². The molecule has 0 saturated carbocycles. The van der Waals surface area contributed by atoms with Crippen molar-refractivity contribution in [3.05, 3.63) is 0 Å². The topological polar surface area (TPSA) is 81.7 Å². The Balaban J connectivity index is 2.28. The fraction of sp³-hybridized carbons (Fsp3) is 0.867. The van der Waals surface area contributed by atoms with Gasteiger partial charge in [0.05, 0.1) is 6.54 Å². The van der Waals surface area contributed by atoms with Crippen LogP contribution in [0.4, 0.5) is 0 Å². The fourth-order valence-electron chi connectivity index (χ4n) is 2.56. The third-order valence-electron chi connectivity index (χ3n) is 3.92. The van der Waals surface area contributed by atoms with Crippen molar-refractivity contribution in [2.75, 3.05) is 32.7 Å². The van der Waals surface area contributed by atoms with Gasteiger partial charge in [0.1, 0.15) is 0 Å². The first kappa shape index (κ1) is 17.9. The van der Waals surface area contributed by atoms with Crippen LogP contribution >= 0.6 is 0 Å². The number of nitrogens with one attached hydrogen (secondary N) is 2. The lowest BCUT2D eigenvalue weighted by molar-refractivity contribution is -0.137. The van der Waals surface area contributed by atoms with Crippen molar-refractivity contribution in [3.8, 4) is 0 Å². The SMILES string of the molecule is CC(C)N(CC(=O)NCCCC(=O)O)CC1CCNCC1. The number of amides is 1. The molecule has 1 fully saturated rings. The molecule has 6 nitrogen and oxygen atoms in total. The summed E-state index contributed by atoms with van der Waals surface area (Å²) in [6.07, 6.45) is 2.92. The van der Waals surface area contributed by atoms with Crippen molar-refractivity contribution in [1.29, 1.82) is 0 Å². The van der Waals surface area contributed by atoms with E-state index in [2.05, 4.69) is 29.4 Å². The third-order valence-corrected chi connectivity index (χ3v) is 3.92. The zero-order valence-corrected chi connectivity index (χ0v) is 13.2. The van der Waals surface area contributed by atoms with Gasteiger partial charge in [-0.05, 0) is 52.1 Å². The molecule has 0 aromatic heterocycles. The van der Waals surface area contributed by atoms with E-state index in [1.54, 1.807) is 0 Å². The Morgan fingerprint density at radius 1 is 1.33 bits per heavy atom. The fourth-order valence-corrected chi connectivity index (χ4v) is 2.56. The van der Waals surface area contributed by atoms with Gasteiger partial charge in [-0.15, -0.1) is 0 Å². The van der Waals surface area contributed by atoms with Gasteiger partial charge >= 0.3 is 5.97 Å². The second-order valence-corrected chi connectivity index (χ2v) is 6.06. The molecule has 0 spiro atoms.